The third kappa shape index (κ3) is 4.62. The van der Waals surface area contributed by atoms with E-state index in [1.54, 1.807) is 24.3 Å². The van der Waals surface area contributed by atoms with Gasteiger partial charge in [0.25, 0.3) is 6.43 Å². The van der Waals surface area contributed by atoms with Crippen LogP contribution in [0.2, 0.25) is 0 Å². The van der Waals surface area contributed by atoms with Crippen LogP contribution in [-0.4, -0.2) is 71.4 Å². The second kappa shape index (κ2) is 9.87. The van der Waals surface area contributed by atoms with Crippen molar-refractivity contribution in [1.29, 1.82) is 0 Å². The number of nitrogens with zero attached hydrogens (tertiary/aromatic N) is 5. The molecule has 0 radical (unpaired) electrons. The van der Waals surface area contributed by atoms with Crippen molar-refractivity contribution in [3.63, 3.8) is 0 Å². The minimum absolute atomic E-state index is 0.331. The molecule has 36 heavy (non-hydrogen) atoms. The van der Waals surface area contributed by atoms with Crippen LogP contribution in [0.1, 0.15) is 37.9 Å². The fraction of sp³-hybridized carbons (Fsp3) is 0.560. The molecule has 1 aliphatic carbocycles. The summed E-state index contributed by atoms with van der Waals surface area (Å²) in [6.45, 7) is 4.54. The van der Waals surface area contributed by atoms with Crippen molar-refractivity contribution in [2.45, 2.75) is 37.9 Å². The molecule has 1 saturated carbocycles. The van der Waals surface area contributed by atoms with E-state index in [1.807, 2.05) is 6.07 Å². The zero-order valence-corrected chi connectivity index (χ0v) is 20.0. The molecule has 2 aromatic heterocycles. The van der Waals surface area contributed by atoms with Crippen LogP contribution in [0.3, 0.4) is 0 Å². The molecule has 192 valence electrons. The summed E-state index contributed by atoms with van der Waals surface area (Å²) in [6.07, 6.45) is 0.955. The summed E-state index contributed by atoms with van der Waals surface area (Å²) < 4.78 is 46.7. The molecule has 11 heteroatoms. The third-order valence-electron chi connectivity index (χ3n) is 7.27. The van der Waals surface area contributed by atoms with Gasteiger partial charge in [-0.3, -0.25) is 4.57 Å². The number of rotatable bonds is 6. The fourth-order valence-electron chi connectivity index (χ4n) is 5.34. The van der Waals surface area contributed by atoms with E-state index in [1.165, 1.54) is 4.57 Å². The highest BCUT2D eigenvalue weighted by Gasteiger charge is 2.40. The van der Waals surface area contributed by atoms with Crippen molar-refractivity contribution >= 4 is 22.8 Å². The summed E-state index contributed by atoms with van der Waals surface area (Å²) >= 11 is 0. The average molecular weight is 501 g/mol. The lowest BCUT2D eigenvalue weighted by atomic mass is 9.85. The van der Waals surface area contributed by atoms with Crippen molar-refractivity contribution in [1.82, 2.24) is 19.5 Å². The lowest BCUT2D eigenvalue weighted by Crippen LogP contribution is -2.37. The van der Waals surface area contributed by atoms with Gasteiger partial charge in [-0.25, -0.2) is 13.8 Å². The van der Waals surface area contributed by atoms with Gasteiger partial charge in [0.2, 0.25) is 5.95 Å². The monoisotopic (exact) mass is 500 g/mol. The second-order valence-electron chi connectivity index (χ2n) is 9.53. The third-order valence-corrected chi connectivity index (χ3v) is 7.27. The first-order valence-corrected chi connectivity index (χ1v) is 12.6. The van der Waals surface area contributed by atoms with Gasteiger partial charge in [0.15, 0.2) is 11.6 Å². The van der Waals surface area contributed by atoms with E-state index in [0.29, 0.717) is 80.6 Å². The largest absolute Gasteiger partial charge is 0.378 e. The average Bonchev–Trinajstić information content (AvgIpc) is 3.54. The number of anilines is 2. The van der Waals surface area contributed by atoms with Crippen molar-refractivity contribution in [3.05, 3.63) is 36.2 Å². The zero-order chi connectivity index (χ0) is 24.5. The first-order valence-electron chi connectivity index (χ1n) is 12.6. The summed E-state index contributed by atoms with van der Waals surface area (Å²) in [6, 6.07) is 8.87. The number of nitrogens with one attached hydrogen (secondary N) is 1. The number of para-hydroxylation sites is 2. The quantitative estimate of drug-likeness (QED) is 0.545. The van der Waals surface area contributed by atoms with Gasteiger partial charge < -0.3 is 24.4 Å². The molecule has 1 N–H and O–H groups in total. The van der Waals surface area contributed by atoms with E-state index in [-0.39, 0.29) is 5.82 Å². The molecule has 4 heterocycles. The van der Waals surface area contributed by atoms with Crippen LogP contribution in [0.5, 0.6) is 0 Å². The number of aromatic nitrogens is 4. The highest BCUT2D eigenvalue weighted by Crippen LogP contribution is 2.38. The fourth-order valence-corrected chi connectivity index (χ4v) is 5.34. The van der Waals surface area contributed by atoms with E-state index in [2.05, 4.69) is 20.2 Å². The number of halogens is 2. The second-order valence-corrected chi connectivity index (χ2v) is 9.53. The Morgan fingerprint density at radius 3 is 2.44 bits per heavy atom. The number of fused-ring (bicyclic) bond motifs is 1. The summed E-state index contributed by atoms with van der Waals surface area (Å²) in [5.74, 6) is 1.16. The predicted octanol–water partition coefficient (Wildman–Crippen LogP) is 3.93. The van der Waals surface area contributed by atoms with Crippen LogP contribution in [0.4, 0.5) is 20.5 Å². The van der Waals surface area contributed by atoms with Gasteiger partial charge in [-0.15, -0.1) is 0 Å². The number of imidazole rings is 1. The number of hydrogen-bond donors (Lipinski definition) is 1. The molecular formula is C25H30F2N6O3. The lowest BCUT2D eigenvalue weighted by molar-refractivity contribution is -0.181. The Balaban J connectivity index is 1.30. The maximum atomic E-state index is 14.0. The first kappa shape index (κ1) is 23.5. The van der Waals surface area contributed by atoms with Crippen molar-refractivity contribution in [2.24, 2.45) is 5.92 Å². The van der Waals surface area contributed by atoms with Crippen molar-refractivity contribution in [3.8, 4) is 5.82 Å². The molecule has 6 rings (SSSR count). The maximum absolute atomic E-state index is 14.0. The summed E-state index contributed by atoms with van der Waals surface area (Å²) in [5, 5.41) is 3.39. The molecule has 2 aliphatic heterocycles. The molecule has 1 spiro atoms. The topological polar surface area (TPSA) is 86.6 Å². The SMILES string of the molecule is FC(F)c1nc2ccccc2n1-c1cc(N2CCOCC2)nc(NCC2CCC3(CC2)OCCO3)n1. The van der Waals surface area contributed by atoms with Gasteiger partial charge in [-0.2, -0.15) is 9.97 Å². The van der Waals surface area contributed by atoms with E-state index >= 15 is 0 Å². The smallest absolute Gasteiger partial charge is 0.296 e. The predicted molar refractivity (Wildman–Crippen MR) is 130 cm³/mol. The molecule has 0 atom stereocenters. The molecule has 3 aromatic rings. The number of ether oxygens (including phenoxy) is 3. The van der Waals surface area contributed by atoms with Crippen LogP contribution in [0, 0.1) is 5.92 Å². The molecule has 3 fully saturated rings. The van der Waals surface area contributed by atoms with Crippen LogP contribution >= 0.6 is 0 Å². The molecule has 0 bridgehead atoms. The minimum atomic E-state index is -2.75. The van der Waals surface area contributed by atoms with Crippen LogP contribution in [0.25, 0.3) is 16.9 Å². The highest BCUT2D eigenvalue weighted by atomic mass is 19.3. The summed E-state index contributed by atoms with van der Waals surface area (Å²) in [7, 11) is 0. The van der Waals surface area contributed by atoms with Gasteiger partial charge in [0.1, 0.15) is 11.6 Å². The van der Waals surface area contributed by atoms with Crippen LogP contribution < -0.4 is 10.2 Å². The number of hydrogen-bond acceptors (Lipinski definition) is 8. The lowest BCUT2D eigenvalue weighted by Gasteiger charge is -2.35. The molecular weight excluding hydrogens is 470 g/mol. The standard InChI is InChI=1S/C25H30F2N6O3/c26-22(27)23-29-18-3-1-2-4-19(18)33(23)21-15-20(32-9-11-34-12-10-32)30-24(31-21)28-16-17-5-7-25(8-6-17)35-13-14-36-25/h1-4,15,17,22H,5-14,16H2,(H,28,30,31). The van der Waals surface area contributed by atoms with E-state index in [9.17, 15) is 8.78 Å². The van der Waals surface area contributed by atoms with Gasteiger partial charge in [0, 0.05) is 38.5 Å². The van der Waals surface area contributed by atoms with Gasteiger partial charge in [0.05, 0.1) is 37.5 Å². The van der Waals surface area contributed by atoms with Crippen molar-refractivity contribution in [2.75, 3.05) is 56.3 Å². The Kier molecular flexibility index (Phi) is 6.44. The van der Waals surface area contributed by atoms with E-state index in [0.717, 1.165) is 25.7 Å². The Labute approximate surface area is 207 Å². The maximum Gasteiger partial charge on any atom is 0.296 e. The molecule has 3 aliphatic rings. The van der Waals surface area contributed by atoms with Crippen molar-refractivity contribution < 1.29 is 23.0 Å². The Morgan fingerprint density at radius 1 is 0.972 bits per heavy atom. The highest BCUT2D eigenvalue weighted by molar-refractivity contribution is 5.78. The van der Waals surface area contributed by atoms with Gasteiger partial charge >= 0.3 is 0 Å². The van der Waals surface area contributed by atoms with Gasteiger partial charge in [-0.05, 0) is 30.9 Å². The number of morpholine rings is 1. The first-order chi connectivity index (χ1) is 17.6. The van der Waals surface area contributed by atoms with E-state index < -0.39 is 12.2 Å². The minimum Gasteiger partial charge on any atom is -0.378 e. The number of benzene rings is 1. The summed E-state index contributed by atoms with van der Waals surface area (Å²) in [4.78, 5) is 15.7. The van der Waals surface area contributed by atoms with E-state index in [4.69, 9.17) is 19.2 Å². The van der Waals surface area contributed by atoms with Crippen LogP contribution in [-0.2, 0) is 14.2 Å². The molecule has 0 amide bonds. The number of alkyl halides is 2. The Hall–Kier alpha value is -2.89. The molecule has 9 nitrogen and oxygen atoms in total. The zero-order valence-electron chi connectivity index (χ0n) is 20.0. The molecule has 1 aromatic carbocycles. The normalized spacial score (nSPS) is 20.6. The summed E-state index contributed by atoms with van der Waals surface area (Å²) in [5.41, 5.74) is 1.08. The van der Waals surface area contributed by atoms with Crippen LogP contribution in [0.15, 0.2) is 30.3 Å². The van der Waals surface area contributed by atoms with Gasteiger partial charge in [-0.1, -0.05) is 12.1 Å². The Morgan fingerprint density at radius 2 is 1.69 bits per heavy atom. The molecule has 2 saturated heterocycles. The molecule has 0 unspecified atom stereocenters. The Bertz CT molecular complexity index is 1200.